The Morgan fingerprint density at radius 2 is 2.50 bits per heavy atom. The molecule has 14 heavy (non-hydrogen) atoms. The summed E-state index contributed by atoms with van der Waals surface area (Å²) in [6, 6.07) is 5.59. The van der Waals surface area contributed by atoms with E-state index in [1.807, 2.05) is 11.3 Å². The number of thiophene rings is 1. The summed E-state index contributed by atoms with van der Waals surface area (Å²) in [7, 11) is 0. The summed E-state index contributed by atoms with van der Waals surface area (Å²) in [5.74, 6) is 0. The zero-order valence-electron chi connectivity index (χ0n) is 8.86. The minimum Gasteiger partial charge on any atom is -0.312 e. The third kappa shape index (κ3) is 2.16. The van der Waals surface area contributed by atoms with E-state index in [9.17, 15) is 0 Å². The van der Waals surface area contributed by atoms with E-state index < -0.39 is 0 Å². The van der Waals surface area contributed by atoms with E-state index in [2.05, 4.69) is 41.6 Å². The molecule has 1 fully saturated rings. The van der Waals surface area contributed by atoms with Crippen LogP contribution in [-0.2, 0) is 0 Å². The van der Waals surface area contributed by atoms with Gasteiger partial charge >= 0.3 is 0 Å². The molecule has 2 rings (SSSR count). The molecule has 1 aliphatic rings. The summed E-state index contributed by atoms with van der Waals surface area (Å²) in [5, 5.41) is 5.64. The highest BCUT2D eigenvalue weighted by Crippen LogP contribution is 2.25. The maximum atomic E-state index is 3.47. The highest BCUT2D eigenvalue weighted by atomic mass is 32.1. The van der Waals surface area contributed by atoms with Crippen molar-refractivity contribution in [1.82, 2.24) is 10.2 Å². The molecule has 0 radical (unpaired) electrons. The minimum absolute atomic E-state index is 0.583. The van der Waals surface area contributed by atoms with Crippen LogP contribution in [0.3, 0.4) is 0 Å². The molecule has 1 aromatic rings. The molecule has 3 heteroatoms. The number of rotatable bonds is 2. The quantitative estimate of drug-likeness (QED) is 0.804. The van der Waals surface area contributed by atoms with Gasteiger partial charge in [-0.15, -0.1) is 11.3 Å². The average Bonchev–Trinajstić information content (AvgIpc) is 2.69. The third-order valence-corrected chi connectivity index (χ3v) is 3.95. The van der Waals surface area contributed by atoms with Crippen LogP contribution in [0.2, 0.25) is 0 Å². The Kier molecular flexibility index (Phi) is 3.21. The lowest BCUT2D eigenvalue weighted by Crippen LogP contribution is -2.49. The van der Waals surface area contributed by atoms with Crippen molar-refractivity contribution in [2.75, 3.05) is 19.6 Å². The van der Waals surface area contributed by atoms with Gasteiger partial charge < -0.3 is 5.32 Å². The second-order valence-corrected chi connectivity index (χ2v) is 5.02. The Bertz CT molecular complexity index is 271. The lowest BCUT2D eigenvalue weighted by atomic mass is 10.1. The van der Waals surface area contributed by atoms with E-state index in [1.165, 1.54) is 18.0 Å². The number of hydrogen-bond acceptors (Lipinski definition) is 3. The van der Waals surface area contributed by atoms with Crippen LogP contribution in [0, 0.1) is 0 Å². The smallest absolute Gasteiger partial charge is 0.0414 e. The fourth-order valence-electron chi connectivity index (χ4n) is 2.02. The third-order valence-electron chi connectivity index (χ3n) is 2.90. The highest BCUT2D eigenvalue weighted by molar-refractivity contribution is 7.10. The number of nitrogens with zero attached hydrogens (tertiary/aromatic N) is 1. The summed E-state index contributed by atoms with van der Waals surface area (Å²) in [5.41, 5.74) is 0. The fourth-order valence-corrected chi connectivity index (χ4v) is 2.84. The van der Waals surface area contributed by atoms with Gasteiger partial charge in [-0.1, -0.05) is 6.07 Å². The fraction of sp³-hybridized carbons (Fsp3) is 0.636. The first-order valence-electron chi connectivity index (χ1n) is 5.28. The molecule has 0 aliphatic carbocycles. The zero-order valence-corrected chi connectivity index (χ0v) is 9.68. The van der Waals surface area contributed by atoms with Crippen LogP contribution < -0.4 is 5.32 Å². The van der Waals surface area contributed by atoms with Gasteiger partial charge in [0.2, 0.25) is 0 Å². The number of hydrogen-bond donors (Lipinski definition) is 1. The first kappa shape index (κ1) is 10.1. The standard InChI is InChI=1S/C11H18N2S/c1-9-8-13(6-5-12-9)10(2)11-4-3-7-14-11/h3-4,7,9-10,12H,5-6,8H2,1-2H3/t9-,10-/m1/s1. The van der Waals surface area contributed by atoms with Crippen molar-refractivity contribution in [1.29, 1.82) is 0 Å². The van der Waals surface area contributed by atoms with Crippen LogP contribution in [0.1, 0.15) is 24.8 Å². The van der Waals surface area contributed by atoms with Crippen molar-refractivity contribution < 1.29 is 0 Å². The highest BCUT2D eigenvalue weighted by Gasteiger charge is 2.21. The van der Waals surface area contributed by atoms with Crippen LogP contribution in [0.4, 0.5) is 0 Å². The maximum Gasteiger partial charge on any atom is 0.0414 e. The lowest BCUT2D eigenvalue weighted by Gasteiger charge is -2.35. The molecule has 0 bridgehead atoms. The van der Waals surface area contributed by atoms with Crippen LogP contribution >= 0.6 is 11.3 Å². The molecule has 0 amide bonds. The summed E-state index contributed by atoms with van der Waals surface area (Å²) < 4.78 is 0. The molecule has 0 saturated carbocycles. The first-order valence-corrected chi connectivity index (χ1v) is 6.16. The number of nitrogens with one attached hydrogen (secondary N) is 1. The zero-order chi connectivity index (χ0) is 9.97. The van der Waals surface area contributed by atoms with Crippen molar-refractivity contribution in [3.63, 3.8) is 0 Å². The second kappa shape index (κ2) is 4.43. The summed E-state index contributed by atoms with van der Waals surface area (Å²) in [6.07, 6.45) is 0. The SMILES string of the molecule is C[C@@H]1CN([C@H](C)c2cccs2)CCN1. The monoisotopic (exact) mass is 210 g/mol. The summed E-state index contributed by atoms with van der Waals surface area (Å²) >= 11 is 1.86. The molecule has 2 nitrogen and oxygen atoms in total. The van der Waals surface area contributed by atoms with E-state index in [0.29, 0.717) is 12.1 Å². The molecule has 0 spiro atoms. The molecule has 1 aliphatic heterocycles. The lowest BCUT2D eigenvalue weighted by molar-refractivity contribution is 0.161. The average molecular weight is 210 g/mol. The van der Waals surface area contributed by atoms with Crippen LogP contribution in [0.5, 0.6) is 0 Å². The number of piperazine rings is 1. The maximum absolute atomic E-state index is 3.47. The van der Waals surface area contributed by atoms with Gasteiger partial charge in [0.1, 0.15) is 0 Å². The van der Waals surface area contributed by atoms with E-state index in [1.54, 1.807) is 0 Å². The summed E-state index contributed by atoms with van der Waals surface area (Å²) in [4.78, 5) is 4.05. The van der Waals surface area contributed by atoms with E-state index in [-0.39, 0.29) is 0 Å². The van der Waals surface area contributed by atoms with Gasteiger partial charge in [-0.25, -0.2) is 0 Å². The van der Waals surface area contributed by atoms with E-state index in [0.717, 1.165) is 6.54 Å². The van der Waals surface area contributed by atoms with Gasteiger partial charge in [-0.2, -0.15) is 0 Å². The van der Waals surface area contributed by atoms with Gasteiger partial charge in [0.15, 0.2) is 0 Å². The Labute approximate surface area is 89.9 Å². The molecule has 2 heterocycles. The van der Waals surface area contributed by atoms with Gasteiger partial charge in [0.05, 0.1) is 0 Å². The Morgan fingerprint density at radius 1 is 1.64 bits per heavy atom. The molecule has 78 valence electrons. The van der Waals surface area contributed by atoms with Crippen LogP contribution in [-0.4, -0.2) is 30.6 Å². The Morgan fingerprint density at radius 3 is 3.14 bits per heavy atom. The van der Waals surface area contributed by atoms with Crippen LogP contribution in [0.15, 0.2) is 17.5 Å². The molecular weight excluding hydrogens is 192 g/mol. The predicted molar refractivity (Wildman–Crippen MR) is 61.8 cm³/mol. The van der Waals surface area contributed by atoms with Crippen molar-refractivity contribution in [3.05, 3.63) is 22.4 Å². The van der Waals surface area contributed by atoms with Crippen molar-refractivity contribution in [2.45, 2.75) is 25.9 Å². The van der Waals surface area contributed by atoms with Gasteiger partial charge in [0, 0.05) is 36.6 Å². The van der Waals surface area contributed by atoms with Crippen molar-refractivity contribution >= 4 is 11.3 Å². The van der Waals surface area contributed by atoms with Gasteiger partial charge in [0.25, 0.3) is 0 Å². The van der Waals surface area contributed by atoms with E-state index >= 15 is 0 Å². The molecule has 0 aromatic carbocycles. The largest absolute Gasteiger partial charge is 0.312 e. The minimum atomic E-state index is 0.583. The first-order chi connectivity index (χ1) is 6.77. The van der Waals surface area contributed by atoms with Crippen LogP contribution in [0.25, 0.3) is 0 Å². The Hall–Kier alpha value is -0.380. The Balaban J connectivity index is 2.00. The topological polar surface area (TPSA) is 15.3 Å². The molecule has 1 aromatic heterocycles. The second-order valence-electron chi connectivity index (χ2n) is 4.04. The van der Waals surface area contributed by atoms with Crippen molar-refractivity contribution in [3.8, 4) is 0 Å². The van der Waals surface area contributed by atoms with Crippen molar-refractivity contribution in [2.24, 2.45) is 0 Å². The van der Waals surface area contributed by atoms with Gasteiger partial charge in [-0.3, -0.25) is 4.90 Å². The van der Waals surface area contributed by atoms with Gasteiger partial charge in [-0.05, 0) is 25.3 Å². The molecule has 1 saturated heterocycles. The molecule has 2 atom stereocenters. The predicted octanol–water partition coefficient (Wildman–Crippen LogP) is 2.10. The molecule has 1 N–H and O–H groups in total. The normalized spacial score (nSPS) is 26.3. The molecule has 0 unspecified atom stereocenters. The molecular formula is C11H18N2S. The summed E-state index contributed by atoms with van der Waals surface area (Å²) in [6.45, 7) is 8.02. The van der Waals surface area contributed by atoms with E-state index in [4.69, 9.17) is 0 Å².